The molecule has 0 saturated heterocycles. The number of carbonyl (C=O) groups excluding carboxylic acids is 1. The van der Waals surface area contributed by atoms with E-state index in [-0.39, 0.29) is 11.9 Å². The van der Waals surface area contributed by atoms with Gasteiger partial charge in [0.2, 0.25) is 5.91 Å². The van der Waals surface area contributed by atoms with E-state index in [0.717, 1.165) is 32.2 Å². The van der Waals surface area contributed by atoms with Gasteiger partial charge in [-0.15, -0.1) is 0 Å². The molecule has 2 N–H and O–H groups in total. The number of likely N-dealkylation sites (N-methyl/N-ethyl adjacent to an activating group) is 2. The Labute approximate surface area is 111 Å². The van der Waals surface area contributed by atoms with Crippen LogP contribution in [0.15, 0.2) is 0 Å². The molecular formula is C14H29N3O. The van der Waals surface area contributed by atoms with Gasteiger partial charge in [-0.25, -0.2) is 0 Å². The standard InChI is InChI=1S/C14H29N3O/c1-5-17(10-14(18)16(4)11(2)3)13-8-6-12(15)7-9-13/h11-13H,5-10,15H2,1-4H3. The molecule has 0 radical (unpaired) electrons. The lowest BCUT2D eigenvalue weighted by Gasteiger charge is -2.36. The number of hydrogen-bond donors (Lipinski definition) is 1. The van der Waals surface area contributed by atoms with Crippen LogP contribution in [0.25, 0.3) is 0 Å². The minimum Gasteiger partial charge on any atom is -0.342 e. The van der Waals surface area contributed by atoms with E-state index in [9.17, 15) is 4.79 Å². The van der Waals surface area contributed by atoms with Crippen LogP contribution in [0.4, 0.5) is 0 Å². The minimum absolute atomic E-state index is 0.224. The fourth-order valence-corrected chi connectivity index (χ4v) is 2.54. The van der Waals surface area contributed by atoms with E-state index in [4.69, 9.17) is 5.73 Å². The molecular weight excluding hydrogens is 226 g/mol. The summed E-state index contributed by atoms with van der Waals surface area (Å²) in [7, 11) is 1.89. The van der Waals surface area contributed by atoms with Crippen molar-refractivity contribution in [2.24, 2.45) is 5.73 Å². The van der Waals surface area contributed by atoms with Crippen LogP contribution >= 0.6 is 0 Å². The third-order valence-electron chi connectivity index (χ3n) is 4.17. The SMILES string of the molecule is CCN(CC(=O)N(C)C(C)C)C1CCC(N)CC1. The Hall–Kier alpha value is -0.610. The Morgan fingerprint density at radius 2 is 1.83 bits per heavy atom. The molecule has 0 aromatic rings. The Bertz CT molecular complexity index is 260. The Balaban J connectivity index is 2.49. The molecule has 0 aromatic carbocycles. The summed E-state index contributed by atoms with van der Waals surface area (Å²) in [5.41, 5.74) is 5.93. The van der Waals surface area contributed by atoms with Gasteiger partial charge >= 0.3 is 0 Å². The van der Waals surface area contributed by atoms with Crippen molar-refractivity contribution >= 4 is 5.91 Å². The second-order valence-electron chi connectivity index (χ2n) is 5.73. The molecule has 0 aliphatic heterocycles. The predicted molar refractivity (Wildman–Crippen MR) is 75.4 cm³/mol. The monoisotopic (exact) mass is 255 g/mol. The Morgan fingerprint density at radius 3 is 2.28 bits per heavy atom. The topological polar surface area (TPSA) is 49.6 Å². The van der Waals surface area contributed by atoms with Crippen LogP contribution in [0.3, 0.4) is 0 Å². The molecule has 18 heavy (non-hydrogen) atoms. The zero-order chi connectivity index (χ0) is 13.7. The quantitative estimate of drug-likeness (QED) is 0.809. The summed E-state index contributed by atoms with van der Waals surface area (Å²) in [6, 6.07) is 1.18. The number of carbonyl (C=O) groups is 1. The number of nitrogens with two attached hydrogens (primary N) is 1. The van der Waals surface area contributed by atoms with Gasteiger partial charge in [-0.3, -0.25) is 9.69 Å². The average molecular weight is 255 g/mol. The van der Waals surface area contributed by atoms with E-state index in [1.165, 1.54) is 0 Å². The number of amides is 1. The van der Waals surface area contributed by atoms with Gasteiger partial charge in [-0.1, -0.05) is 6.92 Å². The van der Waals surface area contributed by atoms with Gasteiger partial charge in [0.15, 0.2) is 0 Å². The maximum atomic E-state index is 12.1. The first kappa shape index (κ1) is 15.4. The fourth-order valence-electron chi connectivity index (χ4n) is 2.54. The van der Waals surface area contributed by atoms with E-state index >= 15 is 0 Å². The molecule has 0 spiro atoms. The highest BCUT2D eigenvalue weighted by Crippen LogP contribution is 2.22. The molecule has 1 aliphatic carbocycles. The summed E-state index contributed by atoms with van der Waals surface area (Å²) in [4.78, 5) is 16.3. The fraction of sp³-hybridized carbons (Fsp3) is 0.929. The molecule has 106 valence electrons. The minimum atomic E-state index is 0.224. The van der Waals surface area contributed by atoms with Crippen LogP contribution in [0.5, 0.6) is 0 Å². The first-order chi connectivity index (χ1) is 8.45. The van der Waals surface area contributed by atoms with Crippen molar-refractivity contribution in [2.75, 3.05) is 20.1 Å². The van der Waals surface area contributed by atoms with Crippen molar-refractivity contribution in [3.63, 3.8) is 0 Å². The zero-order valence-electron chi connectivity index (χ0n) is 12.4. The second kappa shape index (κ2) is 7.10. The van der Waals surface area contributed by atoms with E-state index in [1.807, 2.05) is 25.8 Å². The van der Waals surface area contributed by atoms with E-state index in [2.05, 4.69) is 11.8 Å². The van der Waals surface area contributed by atoms with Crippen LogP contribution in [0.2, 0.25) is 0 Å². The smallest absolute Gasteiger partial charge is 0.236 e. The van der Waals surface area contributed by atoms with Gasteiger partial charge in [-0.05, 0) is 46.1 Å². The highest BCUT2D eigenvalue weighted by atomic mass is 16.2. The van der Waals surface area contributed by atoms with Gasteiger partial charge in [0.1, 0.15) is 0 Å². The van der Waals surface area contributed by atoms with Crippen LogP contribution in [0, 0.1) is 0 Å². The first-order valence-corrected chi connectivity index (χ1v) is 7.21. The van der Waals surface area contributed by atoms with Crippen LogP contribution < -0.4 is 5.73 Å². The van der Waals surface area contributed by atoms with E-state index in [1.54, 1.807) is 0 Å². The zero-order valence-corrected chi connectivity index (χ0v) is 12.4. The van der Waals surface area contributed by atoms with Gasteiger partial charge in [0.05, 0.1) is 6.54 Å². The summed E-state index contributed by atoms with van der Waals surface area (Å²) < 4.78 is 0. The molecule has 1 fully saturated rings. The van der Waals surface area contributed by atoms with Crippen LogP contribution in [0.1, 0.15) is 46.5 Å². The molecule has 1 amide bonds. The number of hydrogen-bond acceptors (Lipinski definition) is 3. The summed E-state index contributed by atoms with van der Waals surface area (Å²) >= 11 is 0. The highest BCUT2D eigenvalue weighted by Gasteiger charge is 2.25. The molecule has 0 aromatic heterocycles. The third-order valence-corrected chi connectivity index (χ3v) is 4.17. The molecule has 1 aliphatic rings. The largest absolute Gasteiger partial charge is 0.342 e. The maximum Gasteiger partial charge on any atom is 0.236 e. The van der Waals surface area contributed by atoms with Gasteiger partial charge in [0, 0.05) is 25.2 Å². The highest BCUT2D eigenvalue weighted by molar-refractivity contribution is 5.78. The Kier molecular flexibility index (Phi) is 6.09. The van der Waals surface area contributed by atoms with Crippen molar-refractivity contribution in [1.29, 1.82) is 0 Å². The molecule has 1 saturated carbocycles. The molecule has 0 bridgehead atoms. The normalized spacial score (nSPS) is 24.6. The summed E-state index contributed by atoms with van der Waals surface area (Å²) in [6.07, 6.45) is 4.45. The molecule has 1 rings (SSSR count). The lowest BCUT2D eigenvalue weighted by atomic mass is 9.90. The summed E-state index contributed by atoms with van der Waals surface area (Å²) in [5.74, 6) is 0.224. The molecule has 0 atom stereocenters. The lowest BCUT2D eigenvalue weighted by Crippen LogP contribution is -2.47. The first-order valence-electron chi connectivity index (χ1n) is 7.21. The molecule has 4 heteroatoms. The van der Waals surface area contributed by atoms with E-state index in [0.29, 0.717) is 18.6 Å². The summed E-state index contributed by atoms with van der Waals surface area (Å²) in [6.45, 7) is 7.72. The van der Waals surface area contributed by atoms with E-state index < -0.39 is 0 Å². The van der Waals surface area contributed by atoms with Gasteiger partial charge in [0.25, 0.3) is 0 Å². The third kappa shape index (κ3) is 4.25. The average Bonchev–Trinajstić information content (AvgIpc) is 2.35. The van der Waals surface area contributed by atoms with Crippen molar-refractivity contribution in [3.8, 4) is 0 Å². The van der Waals surface area contributed by atoms with Crippen molar-refractivity contribution in [1.82, 2.24) is 9.80 Å². The van der Waals surface area contributed by atoms with Crippen LogP contribution in [-0.2, 0) is 4.79 Å². The molecule has 4 nitrogen and oxygen atoms in total. The van der Waals surface area contributed by atoms with Gasteiger partial charge < -0.3 is 10.6 Å². The number of rotatable bonds is 5. The van der Waals surface area contributed by atoms with Crippen molar-refractivity contribution in [2.45, 2.75) is 64.6 Å². The lowest BCUT2D eigenvalue weighted by molar-refractivity contribution is -0.133. The molecule has 0 heterocycles. The van der Waals surface area contributed by atoms with Crippen molar-refractivity contribution < 1.29 is 4.79 Å². The maximum absolute atomic E-state index is 12.1. The Morgan fingerprint density at radius 1 is 1.28 bits per heavy atom. The van der Waals surface area contributed by atoms with Crippen LogP contribution in [-0.4, -0.2) is 54.0 Å². The second-order valence-corrected chi connectivity index (χ2v) is 5.73. The summed E-state index contributed by atoms with van der Waals surface area (Å²) in [5, 5.41) is 0. The molecule has 0 unspecified atom stereocenters. The predicted octanol–water partition coefficient (Wildman–Crippen LogP) is 1.45. The van der Waals surface area contributed by atoms with Crippen molar-refractivity contribution in [3.05, 3.63) is 0 Å². The van der Waals surface area contributed by atoms with Gasteiger partial charge in [-0.2, -0.15) is 0 Å². The number of nitrogens with zero attached hydrogens (tertiary/aromatic N) is 2.